The average Bonchev–Trinajstić information content (AvgIpc) is 2.86. The summed E-state index contributed by atoms with van der Waals surface area (Å²) >= 11 is 0. The van der Waals surface area contributed by atoms with Gasteiger partial charge in [-0.05, 0) is 18.2 Å². The predicted octanol–water partition coefficient (Wildman–Crippen LogP) is 1.72. The average molecular weight is 240 g/mol. The van der Waals surface area contributed by atoms with E-state index in [0.29, 0.717) is 5.69 Å². The van der Waals surface area contributed by atoms with Crippen LogP contribution in [-0.2, 0) is 0 Å². The highest BCUT2D eigenvalue weighted by molar-refractivity contribution is 5.87. The Hall–Kier alpha value is -2.76. The summed E-state index contributed by atoms with van der Waals surface area (Å²) < 4.78 is 0. The van der Waals surface area contributed by atoms with Crippen LogP contribution in [0.3, 0.4) is 0 Å². The summed E-state index contributed by atoms with van der Waals surface area (Å²) in [5.41, 5.74) is 3.09. The summed E-state index contributed by atoms with van der Waals surface area (Å²) in [6.45, 7) is 0. The number of nitrogens with zero attached hydrogens (tertiary/aromatic N) is 3. The molecule has 0 radical (unpaired) electrons. The van der Waals surface area contributed by atoms with Crippen LogP contribution in [-0.4, -0.2) is 31.0 Å². The summed E-state index contributed by atoms with van der Waals surface area (Å²) in [5, 5.41) is 8.89. The lowest BCUT2D eigenvalue weighted by atomic mass is 10.1. The third-order valence-corrected chi connectivity index (χ3v) is 2.60. The third-order valence-electron chi connectivity index (χ3n) is 2.60. The molecule has 0 saturated heterocycles. The van der Waals surface area contributed by atoms with Crippen molar-refractivity contribution in [3.8, 4) is 11.3 Å². The number of nitrogens with one attached hydrogen (secondary N) is 1. The normalized spacial score (nSPS) is 10.7. The molecule has 0 aliphatic carbocycles. The minimum atomic E-state index is -1.07. The molecule has 0 unspecified atom stereocenters. The van der Waals surface area contributed by atoms with Crippen LogP contribution in [0.2, 0.25) is 0 Å². The number of benzene rings is 1. The monoisotopic (exact) mass is 240 g/mol. The molecule has 3 rings (SSSR count). The molecule has 0 atom stereocenters. The van der Waals surface area contributed by atoms with Gasteiger partial charge < -0.3 is 10.1 Å². The maximum atomic E-state index is 10.8. The molecule has 0 spiro atoms. The van der Waals surface area contributed by atoms with Crippen LogP contribution >= 0.6 is 0 Å². The molecule has 1 aromatic carbocycles. The zero-order valence-corrected chi connectivity index (χ0v) is 9.16. The summed E-state index contributed by atoms with van der Waals surface area (Å²) in [4.78, 5) is 25.7. The molecule has 6 nitrogen and oxygen atoms in total. The molecular formula is C12H8N4O2. The van der Waals surface area contributed by atoms with Crippen molar-refractivity contribution in [2.75, 3.05) is 0 Å². The fourth-order valence-electron chi connectivity index (χ4n) is 1.73. The molecule has 0 fully saturated rings. The van der Waals surface area contributed by atoms with Gasteiger partial charge in [-0.25, -0.2) is 19.7 Å². The van der Waals surface area contributed by atoms with Crippen molar-refractivity contribution in [1.29, 1.82) is 0 Å². The van der Waals surface area contributed by atoms with Crippen molar-refractivity contribution in [2.45, 2.75) is 0 Å². The molecule has 18 heavy (non-hydrogen) atoms. The fraction of sp³-hybridized carbons (Fsp3) is 0. The number of hydrogen-bond donors (Lipinski definition) is 2. The quantitative estimate of drug-likeness (QED) is 0.711. The first-order valence-corrected chi connectivity index (χ1v) is 5.23. The number of carboxylic acid groups (broad SMARTS) is 1. The maximum Gasteiger partial charge on any atom is 0.354 e. The van der Waals surface area contributed by atoms with Gasteiger partial charge in [0.2, 0.25) is 0 Å². The molecule has 0 bridgehead atoms. The van der Waals surface area contributed by atoms with Gasteiger partial charge in [-0.1, -0.05) is 6.07 Å². The van der Waals surface area contributed by atoms with Crippen molar-refractivity contribution in [3.05, 3.63) is 42.6 Å². The summed E-state index contributed by atoms with van der Waals surface area (Å²) in [7, 11) is 0. The van der Waals surface area contributed by atoms with Crippen LogP contribution in [0.15, 0.2) is 36.9 Å². The molecule has 0 aliphatic rings. The Morgan fingerprint density at radius 1 is 1.17 bits per heavy atom. The van der Waals surface area contributed by atoms with E-state index in [9.17, 15) is 4.79 Å². The lowest BCUT2D eigenvalue weighted by molar-refractivity contribution is 0.0690. The van der Waals surface area contributed by atoms with Gasteiger partial charge in [0, 0.05) is 5.56 Å². The standard InChI is InChI=1S/C12H8N4O2/c17-12(18)11-4-9(14-6-16-11)7-1-2-8-10(3-7)15-5-13-8/h1-6H,(H,13,15)(H,17,18). The van der Waals surface area contributed by atoms with Gasteiger partial charge in [0.15, 0.2) is 5.69 Å². The molecule has 0 amide bonds. The first-order chi connectivity index (χ1) is 8.74. The molecule has 2 heterocycles. The van der Waals surface area contributed by atoms with Crippen LogP contribution < -0.4 is 0 Å². The number of aromatic carboxylic acids is 1. The number of aromatic nitrogens is 4. The Morgan fingerprint density at radius 3 is 2.89 bits per heavy atom. The first kappa shape index (κ1) is 10.4. The highest BCUT2D eigenvalue weighted by Crippen LogP contribution is 2.21. The zero-order valence-electron chi connectivity index (χ0n) is 9.16. The van der Waals surface area contributed by atoms with Crippen molar-refractivity contribution in [1.82, 2.24) is 19.9 Å². The van der Waals surface area contributed by atoms with E-state index in [1.165, 1.54) is 12.4 Å². The fourth-order valence-corrected chi connectivity index (χ4v) is 1.73. The van der Waals surface area contributed by atoms with Crippen molar-refractivity contribution >= 4 is 17.0 Å². The van der Waals surface area contributed by atoms with Crippen LogP contribution in [0.4, 0.5) is 0 Å². The van der Waals surface area contributed by atoms with E-state index in [0.717, 1.165) is 16.6 Å². The topological polar surface area (TPSA) is 91.8 Å². The molecule has 2 N–H and O–H groups in total. The molecule has 6 heteroatoms. The number of hydrogen-bond acceptors (Lipinski definition) is 4. The van der Waals surface area contributed by atoms with Crippen LogP contribution in [0.5, 0.6) is 0 Å². The Morgan fingerprint density at radius 2 is 2.06 bits per heavy atom. The van der Waals surface area contributed by atoms with E-state index in [4.69, 9.17) is 5.11 Å². The van der Waals surface area contributed by atoms with Gasteiger partial charge in [0.25, 0.3) is 0 Å². The third kappa shape index (κ3) is 1.69. The maximum absolute atomic E-state index is 10.8. The SMILES string of the molecule is O=C(O)c1cc(-c2ccc3nc[nH]c3c2)ncn1. The number of carboxylic acids is 1. The summed E-state index contributed by atoms with van der Waals surface area (Å²) in [6.07, 6.45) is 2.85. The van der Waals surface area contributed by atoms with E-state index in [1.54, 1.807) is 6.33 Å². The Kier molecular flexibility index (Phi) is 2.26. The van der Waals surface area contributed by atoms with E-state index >= 15 is 0 Å². The smallest absolute Gasteiger partial charge is 0.354 e. The van der Waals surface area contributed by atoms with E-state index in [1.807, 2.05) is 18.2 Å². The van der Waals surface area contributed by atoms with E-state index < -0.39 is 5.97 Å². The minimum absolute atomic E-state index is 0.0234. The van der Waals surface area contributed by atoms with Crippen molar-refractivity contribution < 1.29 is 9.90 Å². The Bertz CT molecular complexity index is 736. The molecule has 0 saturated carbocycles. The van der Waals surface area contributed by atoms with Crippen molar-refractivity contribution in [3.63, 3.8) is 0 Å². The van der Waals surface area contributed by atoms with Gasteiger partial charge in [-0.3, -0.25) is 0 Å². The van der Waals surface area contributed by atoms with Gasteiger partial charge in [-0.2, -0.15) is 0 Å². The molecule has 3 aromatic rings. The second-order valence-electron chi connectivity index (χ2n) is 3.73. The highest BCUT2D eigenvalue weighted by Gasteiger charge is 2.08. The lowest BCUT2D eigenvalue weighted by Gasteiger charge is -2.01. The molecule has 0 aliphatic heterocycles. The predicted molar refractivity (Wildman–Crippen MR) is 64.1 cm³/mol. The van der Waals surface area contributed by atoms with Crippen LogP contribution in [0.1, 0.15) is 10.5 Å². The number of H-pyrrole nitrogens is 1. The number of aromatic amines is 1. The summed E-state index contributed by atoms with van der Waals surface area (Å²) in [6, 6.07) is 7.01. The number of carbonyl (C=O) groups is 1. The van der Waals surface area contributed by atoms with Crippen LogP contribution in [0, 0.1) is 0 Å². The van der Waals surface area contributed by atoms with E-state index in [-0.39, 0.29) is 5.69 Å². The second kappa shape index (κ2) is 3.92. The molecule has 88 valence electrons. The zero-order chi connectivity index (χ0) is 12.5. The van der Waals surface area contributed by atoms with Gasteiger partial charge in [0.05, 0.1) is 23.1 Å². The highest BCUT2D eigenvalue weighted by atomic mass is 16.4. The number of imidazole rings is 1. The number of rotatable bonds is 2. The van der Waals surface area contributed by atoms with Crippen molar-refractivity contribution in [2.24, 2.45) is 0 Å². The Labute approximate surface area is 101 Å². The van der Waals surface area contributed by atoms with E-state index in [2.05, 4.69) is 19.9 Å². The van der Waals surface area contributed by atoms with Gasteiger partial charge in [-0.15, -0.1) is 0 Å². The largest absolute Gasteiger partial charge is 0.477 e. The molecular weight excluding hydrogens is 232 g/mol. The number of fused-ring (bicyclic) bond motifs is 1. The Balaban J connectivity index is 2.13. The molecule has 2 aromatic heterocycles. The van der Waals surface area contributed by atoms with Crippen LogP contribution in [0.25, 0.3) is 22.3 Å². The van der Waals surface area contributed by atoms with Gasteiger partial charge in [0.1, 0.15) is 6.33 Å². The summed E-state index contributed by atoms with van der Waals surface area (Å²) in [5.74, 6) is -1.07. The first-order valence-electron chi connectivity index (χ1n) is 5.23. The minimum Gasteiger partial charge on any atom is -0.477 e. The lowest BCUT2D eigenvalue weighted by Crippen LogP contribution is -2.01. The van der Waals surface area contributed by atoms with Gasteiger partial charge >= 0.3 is 5.97 Å². The second-order valence-corrected chi connectivity index (χ2v) is 3.73.